The highest BCUT2D eigenvalue weighted by molar-refractivity contribution is 5.92. The number of carbonyl (C=O) groups is 1. The topological polar surface area (TPSA) is 75.2 Å². The van der Waals surface area contributed by atoms with Gasteiger partial charge in [0.2, 0.25) is 0 Å². The van der Waals surface area contributed by atoms with Gasteiger partial charge in [-0.3, -0.25) is 9.89 Å². The van der Waals surface area contributed by atoms with Crippen molar-refractivity contribution in [1.29, 1.82) is 0 Å². The molecule has 7 nitrogen and oxygen atoms in total. The average Bonchev–Trinajstić information content (AvgIpc) is 2.82. The van der Waals surface area contributed by atoms with Crippen LogP contribution in [0.25, 0.3) is 0 Å². The summed E-state index contributed by atoms with van der Waals surface area (Å²) >= 11 is 0. The number of esters is 1. The number of carbonyl (C=O) groups excluding carboxylic acids is 1. The third kappa shape index (κ3) is 6.46. The maximum atomic E-state index is 12.0. The van der Waals surface area contributed by atoms with Crippen LogP contribution in [0.15, 0.2) is 53.5 Å². The number of guanidine groups is 1. The Bertz CT molecular complexity index is 878. The second kappa shape index (κ2) is 11.4. The summed E-state index contributed by atoms with van der Waals surface area (Å²) in [7, 11) is 4.67. The summed E-state index contributed by atoms with van der Waals surface area (Å²) in [4.78, 5) is 18.8. The van der Waals surface area contributed by atoms with Gasteiger partial charge >= 0.3 is 5.97 Å². The predicted molar refractivity (Wildman–Crippen MR) is 122 cm³/mol. The van der Waals surface area contributed by atoms with E-state index in [-0.39, 0.29) is 0 Å². The number of methoxy groups -OCH3 is 2. The summed E-state index contributed by atoms with van der Waals surface area (Å²) < 4.78 is 10.1. The van der Waals surface area contributed by atoms with Crippen LogP contribution in [0.5, 0.6) is 5.75 Å². The molecule has 7 heteroatoms. The average molecular weight is 425 g/mol. The Morgan fingerprint density at radius 3 is 2.48 bits per heavy atom. The van der Waals surface area contributed by atoms with E-state index in [1.54, 1.807) is 19.2 Å². The molecule has 1 heterocycles. The van der Waals surface area contributed by atoms with Crippen LogP contribution in [0.3, 0.4) is 0 Å². The monoisotopic (exact) mass is 424 g/mol. The van der Waals surface area contributed by atoms with E-state index >= 15 is 0 Å². The molecule has 0 saturated carbocycles. The fourth-order valence-corrected chi connectivity index (χ4v) is 3.79. The second-order valence-corrected chi connectivity index (χ2v) is 7.63. The number of nitrogens with zero attached hydrogens (tertiary/aromatic N) is 2. The van der Waals surface area contributed by atoms with Gasteiger partial charge in [0.1, 0.15) is 11.3 Å². The molecule has 0 bridgehead atoms. The quantitative estimate of drug-likeness (QED) is 0.404. The molecule has 1 aliphatic rings. The summed E-state index contributed by atoms with van der Waals surface area (Å²) in [6.07, 6.45) is 2.14. The normalized spacial score (nSPS) is 15.4. The van der Waals surface area contributed by atoms with Gasteiger partial charge in [-0.1, -0.05) is 36.4 Å². The highest BCUT2D eigenvalue weighted by Crippen LogP contribution is 2.21. The van der Waals surface area contributed by atoms with Crippen molar-refractivity contribution in [2.45, 2.75) is 32.0 Å². The van der Waals surface area contributed by atoms with Crippen molar-refractivity contribution in [1.82, 2.24) is 15.5 Å². The van der Waals surface area contributed by atoms with Crippen molar-refractivity contribution in [2.24, 2.45) is 4.99 Å². The molecule has 31 heavy (non-hydrogen) atoms. The number of rotatable bonds is 7. The Morgan fingerprint density at radius 2 is 1.84 bits per heavy atom. The van der Waals surface area contributed by atoms with Crippen molar-refractivity contribution in [3.63, 3.8) is 0 Å². The zero-order chi connectivity index (χ0) is 22.1. The first kappa shape index (κ1) is 22.6. The minimum absolute atomic E-state index is 0.389. The van der Waals surface area contributed by atoms with Gasteiger partial charge in [0, 0.05) is 39.3 Å². The lowest BCUT2D eigenvalue weighted by molar-refractivity contribution is 0.0597. The van der Waals surface area contributed by atoms with E-state index in [0.29, 0.717) is 23.9 Å². The van der Waals surface area contributed by atoms with Crippen molar-refractivity contribution in [2.75, 3.05) is 34.4 Å². The number of benzene rings is 2. The van der Waals surface area contributed by atoms with Crippen LogP contribution in [-0.4, -0.2) is 57.2 Å². The third-order valence-electron chi connectivity index (χ3n) is 5.53. The number of piperidine rings is 1. The molecule has 0 unspecified atom stereocenters. The van der Waals surface area contributed by atoms with Gasteiger partial charge in [0.05, 0.1) is 14.2 Å². The molecular formula is C24H32N4O3. The number of hydrogen-bond donors (Lipinski definition) is 2. The van der Waals surface area contributed by atoms with Crippen molar-refractivity contribution >= 4 is 11.9 Å². The van der Waals surface area contributed by atoms with E-state index in [9.17, 15) is 4.79 Å². The third-order valence-corrected chi connectivity index (χ3v) is 5.53. The van der Waals surface area contributed by atoms with Crippen LogP contribution < -0.4 is 15.4 Å². The Hall–Kier alpha value is -3.06. The highest BCUT2D eigenvalue weighted by atomic mass is 16.5. The molecule has 166 valence electrons. The van der Waals surface area contributed by atoms with Gasteiger partial charge in [-0.15, -0.1) is 0 Å². The van der Waals surface area contributed by atoms with E-state index in [2.05, 4.69) is 50.9 Å². The molecule has 0 radical (unpaired) electrons. The first-order chi connectivity index (χ1) is 15.1. The molecule has 0 atom stereocenters. The van der Waals surface area contributed by atoms with Crippen LogP contribution in [0.1, 0.15) is 34.3 Å². The van der Waals surface area contributed by atoms with Crippen molar-refractivity contribution < 1.29 is 14.3 Å². The second-order valence-electron chi connectivity index (χ2n) is 7.63. The molecule has 0 spiro atoms. The molecule has 2 N–H and O–H groups in total. The molecule has 3 rings (SSSR count). The molecule has 0 aromatic heterocycles. The fourth-order valence-electron chi connectivity index (χ4n) is 3.79. The van der Waals surface area contributed by atoms with E-state index < -0.39 is 5.97 Å². The smallest absolute Gasteiger partial charge is 0.341 e. The minimum atomic E-state index is -0.413. The minimum Gasteiger partial charge on any atom is -0.496 e. The largest absolute Gasteiger partial charge is 0.496 e. The summed E-state index contributed by atoms with van der Waals surface area (Å²) in [6.45, 7) is 3.66. The number of aliphatic imine (C=N–C) groups is 1. The molecule has 2 aromatic carbocycles. The van der Waals surface area contributed by atoms with Crippen LogP contribution in [0, 0.1) is 0 Å². The number of nitrogens with one attached hydrogen (secondary N) is 2. The summed E-state index contributed by atoms with van der Waals surface area (Å²) in [5, 5.41) is 6.87. The molecule has 0 aliphatic carbocycles. The maximum Gasteiger partial charge on any atom is 0.341 e. The van der Waals surface area contributed by atoms with Crippen molar-refractivity contribution in [3.8, 4) is 5.75 Å². The lowest BCUT2D eigenvalue weighted by atomic mass is 10.0. The molecule has 1 aliphatic heterocycles. The van der Waals surface area contributed by atoms with E-state index in [0.717, 1.165) is 44.0 Å². The van der Waals surface area contributed by atoms with Crippen LogP contribution in [0.4, 0.5) is 0 Å². The van der Waals surface area contributed by atoms with Crippen LogP contribution in [0.2, 0.25) is 0 Å². The first-order valence-corrected chi connectivity index (χ1v) is 10.6. The van der Waals surface area contributed by atoms with Crippen LogP contribution in [-0.2, 0) is 17.8 Å². The van der Waals surface area contributed by atoms with Gasteiger partial charge in [0.15, 0.2) is 5.96 Å². The SMILES string of the molecule is CN=C(NCc1ccc(OC)c(C(=O)OC)c1)NC1CCN(Cc2ccccc2)CC1. The number of hydrogen-bond acceptors (Lipinski definition) is 5. The van der Waals surface area contributed by atoms with Gasteiger partial charge < -0.3 is 20.1 Å². The molecule has 1 saturated heterocycles. The molecular weight excluding hydrogens is 392 g/mol. The number of likely N-dealkylation sites (tertiary alicyclic amines) is 1. The zero-order valence-electron chi connectivity index (χ0n) is 18.6. The van der Waals surface area contributed by atoms with E-state index in [1.807, 2.05) is 6.07 Å². The van der Waals surface area contributed by atoms with Gasteiger partial charge in [-0.05, 0) is 36.1 Å². The van der Waals surface area contributed by atoms with Gasteiger partial charge in [0.25, 0.3) is 0 Å². The van der Waals surface area contributed by atoms with Crippen LogP contribution >= 0.6 is 0 Å². The summed E-state index contributed by atoms with van der Waals surface area (Å²) in [5.41, 5.74) is 2.72. The van der Waals surface area contributed by atoms with Crippen molar-refractivity contribution in [3.05, 3.63) is 65.2 Å². The Labute approximate surface area is 184 Å². The van der Waals surface area contributed by atoms with Gasteiger partial charge in [-0.2, -0.15) is 0 Å². The summed E-state index contributed by atoms with van der Waals surface area (Å²) in [6, 6.07) is 16.5. The Morgan fingerprint density at radius 1 is 1.10 bits per heavy atom. The first-order valence-electron chi connectivity index (χ1n) is 10.6. The Kier molecular flexibility index (Phi) is 8.29. The Balaban J connectivity index is 1.49. The standard InChI is InChI=1S/C24H32N4O3/c1-25-24(26-16-19-9-10-22(30-2)21(15-19)23(29)31-3)27-20-11-13-28(14-12-20)17-18-7-5-4-6-8-18/h4-10,15,20H,11-14,16-17H2,1-3H3,(H2,25,26,27). The highest BCUT2D eigenvalue weighted by Gasteiger charge is 2.20. The predicted octanol–water partition coefficient (Wildman–Crippen LogP) is 2.81. The lowest BCUT2D eigenvalue weighted by Gasteiger charge is -2.33. The van der Waals surface area contributed by atoms with E-state index in [4.69, 9.17) is 9.47 Å². The molecule has 2 aromatic rings. The van der Waals surface area contributed by atoms with Gasteiger partial charge in [-0.25, -0.2) is 4.79 Å². The molecule has 0 amide bonds. The summed E-state index contributed by atoms with van der Waals surface area (Å²) in [5.74, 6) is 0.848. The zero-order valence-corrected chi connectivity index (χ0v) is 18.6. The van der Waals surface area contributed by atoms with E-state index in [1.165, 1.54) is 19.8 Å². The fraction of sp³-hybridized carbons (Fsp3) is 0.417. The molecule has 1 fully saturated rings. The lowest BCUT2D eigenvalue weighted by Crippen LogP contribution is -2.48. The maximum absolute atomic E-state index is 12.0. The number of ether oxygens (including phenoxy) is 2.